The summed E-state index contributed by atoms with van der Waals surface area (Å²) in [5, 5.41) is 8.08. The normalized spacial score (nSPS) is 10.6. The highest BCUT2D eigenvalue weighted by molar-refractivity contribution is 5.89. The Morgan fingerprint density at radius 3 is 2.68 bits per heavy atom. The largest absolute Gasteiger partial charge is 0.465 e. The van der Waals surface area contributed by atoms with Crippen LogP contribution in [0.3, 0.4) is 0 Å². The Bertz CT molecular complexity index is 900. The second kappa shape index (κ2) is 5.81. The quantitative estimate of drug-likeness (QED) is 0.752. The van der Waals surface area contributed by atoms with Gasteiger partial charge >= 0.3 is 5.97 Å². The van der Waals surface area contributed by atoms with Gasteiger partial charge in [0.2, 0.25) is 0 Å². The first-order valence-corrected chi connectivity index (χ1v) is 6.82. The number of methoxy groups -OCH3 is 1. The molecule has 2 aromatic carbocycles. The number of nitrogens with zero attached hydrogens (tertiary/aromatic N) is 1. The number of nitrogens with one attached hydrogen (secondary N) is 1. The zero-order valence-electron chi connectivity index (χ0n) is 12.0. The zero-order valence-corrected chi connectivity index (χ0v) is 12.0. The maximum absolute atomic E-state index is 11.8. The second-order valence-corrected chi connectivity index (χ2v) is 4.91. The molecule has 0 saturated heterocycles. The molecule has 110 valence electrons. The molecule has 22 heavy (non-hydrogen) atoms. The Morgan fingerprint density at radius 2 is 1.91 bits per heavy atom. The molecular formula is C17H14N2O3. The smallest absolute Gasteiger partial charge is 0.337 e. The summed E-state index contributed by atoms with van der Waals surface area (Å²) in [5.74, 6) is -0.374. The third-order valence-electron chi connectivity index (χ3n) is 3.49. The molecule has 0 saturated carbocycles. The third kappa shape index (κ3) is 2.61. The highest BCUT2D eigenvalue weighted by Crippen LogP contribution is 2.17. The van der Waals surface area contributed by atoms with E-state index in [1.807, 2.05) is 24.3 Å². The Hall–Kier alpha value is -2.95. The van der Waals surface area contributed by atoms with Gasteiger partial charge in [0.1, 0.15) is 0 Å². The van der Waals surface area contributed by atoms with Gasteiger partial charge in [0.15, 0.2) is 0 Å². The lowest BCUT2D eigenvalue weighted by atomic mass is 10.0. The maximum atomic E-state index is 11.8. The van der Waals surface area contributed by atoms with Crippen molar-refractivity contribution in [1.82, 2.24) is 10.2 Å². The minimum absolute atomic E-state index is 0.206. The molecule has 1 N–H and O–H groups in total. The molecule has 3 aromatic rings. The van der Waals surface area contributed by atoms with Crippen LogP contribution in [0.25, 0.3) is 10.8 Å². The molecule has 0 aliphatic rings. The van der Waals surface area contributed by atoms with E-state index in [9.17, 15) is 9.59 Å². The molecule has 0 atom stereocenters. The molecule has 3 rings (SSSR count). The number of carbonyl (C=O) groups is 1. The molecule has 1 heterocycles. The fourth-order valence-corrected chi connectivity index (χ4v) is 2.43. The Kier molecular flexibility index (Phi) is 3.70. The van der Waals surface area contributed by atoms with E-state index in [1.165, 1.54) is 7.11 Å². The van der Waals surface area contributed by atoms with E-state index < -0.39 is 0 Å². The monoisotopic (exact) mass is 294 g/mol. The van der Waals surface area contributed by atoms with Gasteiger partial charge in [0.05, 0.1) is 23.8 Å². The Labute approximate surface area is 126 Å². The van der Waals surface area contributed by atoms with Gasteiger partial charge in [-0.15, -0.1) is 0 Å². The van der Waals surface area contributed by atoms with E-state index in [-0.39, 0.29) is 11.5 Å². The summed E-state index contributed by atoms with van der Waals surface area (Å²) in [7, 11) is 1.35. The lowest BCUT2D eigenvalue weighted by molar-refractivity contribution is 0.0600. The average molecular weight is 294 g/mol. The number of benzene rings is 2. The number of hydrogen-bond donors (Lipinski definition) is 1. The first-order chi connectivity index (χ1) is 10.7. The zero-order chi connectivity index (χ0) is 15.5. The fraction of sp³-hybridized carbons (Fsp3) is 0.118. The van der Waals surface area contributed by atoms with Crippen LogP contribution in [0.4, 0.5) is 0 Å². The molecule has 0 aliphatic heterocycles. The molecule has 0 aliphatic carbocycles. The van der Waals surface area contributed by atoms with Crippen molar-refractivity contribution in [3.63, 3.8) is 0 Å². The van der Waals surface area contributed by atoms with Crippen LogP contribution in [0, 0.1) is 0 Å². The van der Waals surface area contributed by atoms with Gasteiger partial charge in [0.25, 0.3) is 5.56 Å². The maximum Gasteiger partial charge on any atom is 0.337 e. The summed E-state index contributed by atoms with van der Waals surface area (Å²) in [6, 6.07) is 14.5. The van der Waals surface area contributed by atoms with Crippen molar-refractivity contribution >= 4 is 16.7 Å². The number of rotatable bonds is 3. The van der Waals surface area contributed by atoms with E-state index in [1.54, 1.807) is 24.3 Å². The molecule has 5 nitrogen and oxygen atoms in total. The molecule has 0 fully saturated rings. The predicted octanol–water partition coefficient (Wildman–Crippen LogP) is 2.30. The van der Waals surface area contributed by atoms with Crippen LogP contribution in [0.2, 0.25) is 0 Å². The molecule has 0 radical (unpaired) electrons. The van der Waals surface area contributed by atoms with Gasteiger partial charge in [-0.25, -0.2) is 9.89 Å². The number of ether oxygens (including phenoxy) is 1. The van der Waals surface area contributed by atoms with Crippen molar-refractivity contribution in [3.05, 3.63) is 75.7 Å². The summed E-state index contributed by atoms with van der Waals surface area (Å²) in [4.78, 5) is 23.4. The van der Waals surface area contributed by atoms with E-state index in [2.05, 4.69) is 10.2 Å². The van der Waals surface area contributed by atoms with E-state index in [0.29, 0.717) is 17.4 Å². The third-order valence-corrected chi connectivity index (χ3v) is 3.49. The van der Waals surface area contributed by atoms with Crippen LogP contribution in [0.15, 0.2) is 53.3 Å². The van der Waals surface area contributed by atoms with Gasteiger partial charge in [-0.3, -0.25) is 4.79 Å². The summed E-state index contributed by atoms with van der Waals surface area (Å²) in [6.07, 6.45) is 0.516. The number of H-pyrrole nitrogens is 1. The number of fused-ring (bicyclic) bond motifs is 1. The highest BCUT2D eigenvalue weighted by atomic mass is 16.5. The molecule has 0 unspecified atom stereocenters. The van der Waals surface area contributed by atoms with E-state index in [0.717, 1.165) is 16.6 Å². The number of esters is 1. The van der Waals surface area contributed by atoms with Crippen LogP contribution in [-0.2, 0) is 11.2 Å². The standard InChI is InChI=1S/C17H14N2O3/c1-22-17(21)12-6-4-5-11(9-12)10-15-13-7-2-3-8-14(13)16(20)19-18-15/h2-9H,10H2,1H3,(H,19,20). The van der Waals surface area contributed by atoms with Crippen LogP contribution >= 0.6 is 0 Å². The Balaban J connectivity index is 2.02. The van der Waals surface area contributed by atoms with Gasteiger partial charge in [-0.2, -0.15) is 5.10 Å². The van der Waals surface area contributed by atoms with Crippen molar-refractivity contribution in [2.45, 2.75) is 6.42 Å². The van der Waals surface area contributed by atoms with Crippen LogP contribution in [0.1, 0.15) is 21.6 Å². The second-order valence-electron chi connectivity index (χ2n) is 4.91. The van der Waals surface area contributed by atoms with Crippen molar-refractivity contribution in [2.75, 3.05) is 7.11 Å². The van der Waals surface area contributed by atoms with Gasteiger partial charge in [0, 0.05) is 11.8 Å². The number of hydrogen-bond acceptors (Lipinski definition) is 4. The van der Waals surface area contributed by atoms with E-state index >= 15 is 0 Å². The Morgan fingerprint density at radius 1 is 1.14 bits per heavy atom. The lowest BCUT2D eigenvalue weighted by Crippen LogP contribution is -2.11. The van der Waals surface area contributed by atoms with Crippen molar-refractivity contribution in [3.8, 4) is 0 Å². The minimum atomic E-state index is -0.374. The highest BCUT2D eigenvalue weighted by Gasteiger charge is 2.09. The van der Waals surface area contributed by atoms with Crippen molar-refractivity contribution < 1.29 is 9.53 Å². The number of aromatic amines is 1. The number of carbonyl (C=O) groups excluding carboxylic acids is 1. The molecular weight excluding hydrogens is 280 g/mol. The fourth-order valence-electron chi connectivity index (χ4n) is 2.43. The molecule has 0 bridgehead atoms. The summed E-state index contributed by atoms with van der Waals surface area (Å²) in [6.45, 7) is 0. The first kappa shape index (κ1) is 14.0. The predicted molar refractivity (Wildman–Crippen MR) is 83.0 cm³/mol. The minimum Gasteiger partial charge on any atom is -0.465 e. The van der Waals surface area contributed by atoms with Crippen LogP contribution < -0.4 is 5.56 Å². The summed E-state index contributed by atoms with van der Waals surface area (Å²) < 4.78 is 4.73. The van der Waals surface area contributed by atoms with E-state index in [4.69, 9.17) is 4.74 Å². The number of aromatic nitrogens is 2. The van der Waals surface area contributed by atoms with Crippen molar-refractivity contribution in [1.29, 1.82) is 0 Å². The SMILES string of the molecule is COC(=O)c1cccc(Cc2n[nH]c(=O)c3ccccc23)c1. The average Bonchev–Trinajstić information content (AvgIpc) is 2.57. The van der Waals surface area contributed by atoms with Gasteiger partial charge in [-0.1, -0.05) is 30.3 Å². The van der Waals surface area contributed by atoms with Crippen LogP contribution in [0.5, 0.6) is 0 Å². The molecule has 0 amide bonds. The molecule has 5 heteroatoms. The van der Waals surface area contributed by atoms with Gasteiger partial charge in [-0.05, 0) is 23.8 Å². The first-order valence-electron chi connectivity index (χ1n) is 6.82. The van der Waals surface area contributed by atoms with Gasteiger partial charge < -0.3 is 4.74 Å². The van der Waals surface area contributed by atoms with Crippen molar-refractivity contribution in [2.24, 2.45) is 0 Å². The topological polar surface area (TPSA) is 72.0 Å². The molecule has 1 aromatic heterocycles. The lowest BCUT2D eigenvalue weighted by Gasteiger charge is -2.06. The van der Waals surface area contributed by atoms with Crippen LogP contribution in [-0.4, -0.2) is 23.3 Å². The summed E-state index contributed by atoms with van der Waals surface area (Å²) >= 11 is 0. The molecule has 0 spiro atoms. The summed E-state index contributed by atoms with van der Waals surface area (Å²) in [5.41, 5.74) is 1.97.